The summed E-state index contributed by atoms with van der Waals surface area (Å²) in [5, 5.41) is 0.731. The summed E-state index contributed by atoms with van der Waals surface area (Å²) >= 11 is 7.89. The van der Waals surface area contributed by atoms with Crippen LogP contribution >= 0.6 is 23.4 Å². The van der Waals surface area contributed by atoms with Crippen molar-refractivity contribution >= 4 is 23.4 Å². The molecule has 0 saturated carbocycles. The van der Waals surface area contributed by atoms with Gasteiger partial charge in [-0.25, -0.2) is 4.98 Å². The van der Waals surface area contributed by atoms with E-state index in [1.807, 2.05) is 36.4 Å². The lowest BCUT2D eigenvalue weighted by Gasteiger charge is -2.13. The van der Waals surface area contributed by atoms with Gasteiger partial charge in [0, 0.05) is 21.0 Å². The first-order valence-electron chi connectivity index (χ1n) is 7.06. The van der Waals surface area contributed by atoms with Crippen molar-refractivity contribution in [1.29, 1.82) is 0 Å². The fourth-order valence-electron chi connectivity index (χ4n) is 2.47. The van der Waals surface area contributed by atoms with Crippen LogP contribution in [-0.4, -0.2) is 11.2 Å². The van der Waals surface area contributed by atoms with E-state index in [0.29, 0.717) is 0 Å². The summed E-state index contributed by atoms with van der Waals surface area (Å²) in [6.45, 7) is 2.11. The van der Waals surface area contributed by atoms with Crippen molar-refractivity contribution in [2.24, 2.45) is 0 Å². The third kappa shape index (κ3) is 3.03. The van der Waals surface area contributed by atoms with E-state index in [0.717, 1.165) is 27.5 Å². The Morgan fingerprint density at radius 1 is 0.909 bits per heavy atom. The molecule has 3 rings (SSSR count). The minimum atomic E-state index is 0.731. The van der Waals surface area contributed by atoms with E-state index in [-0.39, 0.29) is 0 Å². The monoisotopic (exact) mass is 325 g/mol. The van der Waals surface area contributed by atoms with E-state index in [1.54, 1.807) is 11.8 Å². The van der Waals surface area contributed by atoms with Crippen molar-refractivity contribution in [3.63, 3.8) is 0 Å². The highest BCUT2D eigenvalue weighted by atomic mass is 35.5. The first-order chi connectivity index (χ1) is 10.7. The molecule has 0 bridgehead atoms. The van der Waals surface area contributed by atoms with Gasteiger partial charge in [0.25, 0.3) is 0 Å². The van der Waals surface area contributed by atoms with Crippen molar-refractivity contribution in [1.82, 2.24) is 4.98 Å². The summed E-state index contributed by atoms with van der Waals surface area (Å²) in [5.41, 5.74) is 5.35. The van der Waals surface area contributed by atoms with Crippen LogP contribution in [-0.2, 0) is 0 Å². The molecule has 0 aliphatic heterocycles. The fraction of sp³-hybridized carbons (Fsp3) is 0.105. The van der Waals surface area contributed by atoms with Gasteiger partial charge in [-0.1, -0.05) is 54.1 Å². The minimum absolute atomic E-state index is 0.731. The second kappa shape index (κ2) is 6.55. The van der Waals surface area contributed by atoms with Crippen LogP contribution in [0, 0.1) is 6.92 Å². The lowest BCUT2D eigenvalue weighted by atomic mass is 10.0. The van der Waals surface area contributed by atoms with Crippen molar-refractivity contribution in [2.75, 3.05) is 6.26 Å². The summed E-state index contributed by atoms with van der Waals surface area (Å²) < 4.78 is 0. The minimum Gasteiger partial charge on any atom is -0.247 e. The zero-order chi connectivity index (χ0) is 15.5. The van der Waals surface area contributed by atoms with Gasteiger partial charge in [-0.3, -0.25) is 0 Å². The summed E-state index contributed by atoms with van der Waals surface area (Å²) in [5.74, 6) is 0. The topological polar surface area (TPSA) is 12.9 Å². The zero-order valence-corrected chi connectivity index (χ0v) is 14.1. The number of hydrogen-bond acceptors (Lipinski definition) is 2. The number of nitrogens with zero attached hydrogens (tertiary/aromatic N) is 1. The van der Waals surface area contributed by atoms with Crippen LogP contribution in [0.4, 0.5) is 0 Å². The molecule has 1 nitrogen and oxygen atoms in total. The number of hydrogen-bond donors (Lipinski definition) is 0. The van der Waals surface area contributed by atoms with Crippen LogP contribution in [0.15, 0.2) is 65.6 Å². The number of pyridine rings is 1. The maximum atomic E-state index is 6.14. The van der Waals surface area contributed by atoms with Crippen molar-refractivity contribution in [2.45, 2.75) is 11.8 Å². The summed E-state index contributed by atoms with van der Waals surface area (Å²) in [6, 6.07) is 20.3. The van der Waals surface area contributed by atoms with Crippen LogP contribution in [0.3, 0.4) is 0 Å². The molecule has 2 aromatic carbocycles. The molecule has 0 fully saturated rings. The van der Waals surface area contributed by atoms with E-state index in [9.17, 15) is 0 Å². The van der Waals surface area contributed by atoms with Crippen molar-refractivity contribution < 1.29 is 0 Å². The molecule has 0 atom stereocenters. The SMILES string of the molecule is CSc1cc(-c2ccccc2)nc(-c2cccc(Cl)c2)c1C. The van der Waals surface area contributed by atoms with E-state index >= 15 is 0 Å². The Bertz CT molecular complexity index is 800. The quantitative estimate of drug-likeness (QED) is 0.540. The smallest absolute Gasteiger partial charge is 0.0750 e. The molecular weight excluding hydrogens is 310 g/mol. The molecule has 110 valence electrons. The standard InChI is InChI=1S/C19H16ClNS/c1-13-18(22-2)12-17(14-7-4-3-5-8-14)21-19(13)15-9-6-10-16(20)11-15/h3-12H,1-2H3. The highest BCUT2D eigenvalue weighted by Gasteiger charge is 2.12. The third-order valence-electron chi connectivity index (χ3n) is 3.61. The molecule has 3 aromatic rings. The molecule has 1 aromatic heterocycles. The molecule has 0 N–H and O–H groups in total. The number of benzene rings is 2. The van der Waals surface area contributed by atoms with Crippen LogP contribution in [0.25, 0.3) is 22.5 Å². The predicted molar refractivity (Wildman–Crippen MR) is 96.6 cm³/mol. The zero-order valence-electron chi connectivity index (χ0n) is 12.5. The van der Waals surface area contributed by atoms with Gasteiger partial charge < -0.3 is 0 Å². The maximum absolute atomic E-state index is 6.14. The number of thioether (sulfide) groups is 1. The van der Waals surface area contributed by atoms with Gasteiger partial charge in [-0.05, 0) is 36.9 Å². The fourth-order valence-corrected chi connectivity index (χ4v) is 3.29. The predicted octanol–water partition coefficient (Wildman–Crippen LogP) is 6.10. The van der Waals surface area contributed by atoms with E-state index in [1.165, 1.54) is 10.5 Å². The molecule has 0 spiro atoms. The lowest BCUT2D eigenvalue weighted by molar-refractivity contribution is 1.19. The molecule has 0 aliphatic carbocycles. The molecule has 3 heteroatoms. The summed E-state index contributed by atoms with van der Waals surface area (Å²) in [7, 11) is 0. The number of rotatable bonds is 3. The maximum Gasteiger partial charge on any atom is 0.0750 e. The average molecular weight is 326 g/mol. The van der Waals surface area contributed by atoms with Gasteiger partial charge in [-0.2, -0.15) is 0 Å². The van der Waals surface area contributed by atoms with Crippen molar-refractivity contribution in [3.05, 3.63) is 71.2 Å². The van der Waals surface area contributed by atoms with E-state index < -0.39 is 0 Å². The van der Waals surface area contributed by atoms with Gasteiger partial charge in [0.15, 0.2) is 0 Å². The Morgan fingerprint density at radius 2 is 1.64 bits per heavy atom. The molecule has 0 aliphatic rings. The Kier molecular flexibility index (Phi) is 4.51. The van der Waals surface area contributed by atoms with E-state index in [2.05, 4.69) is 37.4 Å². The third-order valence-corrected chi connectivity index (χ3v) is 4.71. The molecule has 0 unspecified atom stereocenters. The van der Waals surface area contributed by atoms with Gasteiger partial charge >= 0.3 is 0 Å². The Balaban J connectivity index is 2.21. The summed E-state index contributed by atoms with van der Waals surface area (Å²) in [4.78, 5) is 6.13. The Morgan fingerprint density at radius 3 is 2.32 bits per heavy atom. The van der Waals surface area contributed by atoms with Gasteiger partial charge in [0.05, 0.1) is 11.4 Å². The Hall–Kier alpha value is -1.77. The van der Waals surface area contributed by atoms with Crippen LogP contribution in [0.1, 0.15) is 5.56 Å². The number of aromatic nitrogens is 1. The van der Waals surface area contributed by atoms with Crippen molar-refractivity contribution in [3.8, 4) is 22.5 Å². The molecule has 0 saturated heterocycles. The molecule has 0 amide bonds. The average Bonchev–Trinajstić information content (AvgIpc) is 2.56. The van der Waals surface area contributed by atoms with Crippen LogP contribution in [0.2, 0.25) is 5.02 Å². The largest absolute Gasteiger partial charge is 0.247 e. The van der Waals surface area contributed by atoms with Gasteiger partial charge in [-0.15, -0.1) is 11.8 Å². The van der Waals surface area contributed by atoms with Crippen LogP contribution in [0.5, 0.6) is 0 Å². The van der Waals surface area contributed by atoms with Gasteiger partial charge in [0.2, 0.25) is 0 Å². The number of halogens is 1. The van der Waals surface area contributed by atoms with E-state index in [4.69, 9.17) is 16.6 Å². The second-order valence-electron chi connectivity index (χ2n) is 5.06. The van der Waals surface area contributed by atoms with Crippen LogP contribution < -0.4 is 0 Å². The summed E-state index contributed by atoms with van der Waals surface area (Å²) in [6.07, 6.45) is 2.10. The highest BCUT2D eigenvalue weighted by Crippen LogP contribution is 2.33. The molecule has 22 heavy (non-hydrogen) atoms. The first-order valence-corrected chi connectivity index (χ1v) is 8.66. The second-order valence-corrected chi connectivity index (χ2v) is 6.34. The molecular formula is C19H16ClNS. The van der Waals surface area contributed by atoms with Gasteiger partial charge in [0.1, 0.15) is 0 Å². The lowest BCUT2D eigenvalue weighted by Crippen LogP contribution is -1.94. The highest BCUT2D eigenvalue weighted by molar-refractivity contribution is 7.98. The molecule has 1 heterocycles. The first kappa shape index (κ1) is 15.1. The Labute approximate surface area is 140 Å². The molecule has 0 radical (unpaired) electrons. The normalized spacial score (nSPS) is 10.7.